The Morgan fingerprint density at radius 3 is 2.43 bits per heavy atom. The molecule has 1 atom stereocenters. The molecule has 1 aromatic heterocycles. The molecule has 2 saturated carbocycles. The van der Waals surface area contributed by atoms with Crippen molar-refractivity contribution in [3.8, 4) is 6.07 Å². The van der Waals surface area contributed by atoms with E-state index in [-0.39, 0.29) is 52.8 Å². The molecule has 1 aliphatic heterocycles. The summed E-state index contributed by atoms with van der Waals surface area (Å²) in [6.07, 6.45) is 2.86. The van der Waals surface area contributed by atoms with E-state index in [1.165, 1.54) is 38.3 Å². The van der Waals surface area contributed by atoms with E-state index in [1.54, 1.807) is 0 Å². The van der Waals surface area contributed by atoms with E-state index in [2.05, 4.69) is 10.6 Å². The van der Waals surface area contributed by atoms with Gasteiger partial charge in [-0.3, -0.25) is 18.7 Å². The van der Waals surface area contributed by atoms with Gasteiger partial charge in [-0.2, -0.15) is 5.26 Å². The number of nitrogens with one attached hydrogen (secondary N) is 2. The summed E-state index contributed by atoms with van der Waals surface area (Å²) in [5.74, 6) is -0.697. The Morgan fingerprint density at radius 2 is 1.76 bits per heavy atom. The van der Waals surface area contributed by atoms with E-state index >= 15 is 4.39 Å². The topological polar surface area (TPSA) is 138 Å². The summed E-state index contributed by atoms with van der Waals surface area (Å²) in [6.45, 7) is 0.856. The van der Waals surface area contributed by atoms with E-state index in [1.807, 2.05) is 6.07 Å². The van der Waals surface area contributed by atoms with Gasteiger partial charge in [-0.1, -0.05) is 11.6 Å². The van der Waals surface area contributed by atoms with Gasteiger partial charge in [0.2, 0.25) is 0 Å². The summed E-state index contributed by atoms with van der Waals surface area (Å²) in [5.41, 5.74) is -0.288. The molecule has 13 heteroatoms. The van der Waals surface area contributed by atoms with Crippen molar-refractivity contribution in [1.82, 2.24) is 14.0 Å². The summed E-state index contributed by atoms with van der Waals surface area (Å²) in [5, 5.41) is 14.6. The number of urea groups is 1. The van der Waals surface area contributed by atoms with Crippen molar-refractivity contribution in [2.24, 2.45) is 11.8 Å². The number of amides is 3. The van der Waals surface area contributed by atoms with E-state index in [4.69, 9.17) is 21.6 Å². The fraction of sp³-hybridized carbons (Fsp3) is 0.414. The van der Waals surface area contributed by atoms with Gasteiger partial charge in [0.05, 0.1) is 40.3 Å². The van der Waals surface area contributed by atoms with Crippen LogP contribution in [0.25, 0.3) is 10.9 Å². The van der Waals surface area contributed by atoms with Gasteiger partial charge in [-0.15, -0.1) is 0 Å². The Hall–Kier alpha value is -4.21. The summed E-state index contributed by atoms with van der Waals surface area (Å²) in [6, 6.07) is 8.14. The van der Waals surface area contributed by atoms with Gasteiger partial charge in [0.25, 0.3) is 11.5 Å². The first-order chi connectivity index (χ1) is 20.2. The molecule has 0 bridgehead atoms. The maximum absolute atomic E-state index is 15.3. The largest absolute Gasteiger partial charge is 0.365 e. The second-order valence-electron chi connectivity index (χ2n) is 11.1. The van der Waals surface area contributed by atoms with E-state index < -0.39 is 35.1 Å². The van der Waals surface area contributed by atoms with E-state index in [0.29, 0.717) is 24.7 Å². The molecule has 0 radical (unpaired) electrons. The number of hydrogen-bond acceptors (Lipinski definition) is 6. The minimum Gasteiger partial charge on any atom is -0.365 e. The second kappa shape index (κ2) is 11.2. The van der Waals surface area contributed by atoms with Crippen LogP contribution in [0.15, 0.2) is 39.9 Å². The average molecular weight is 595 g/mol. The lowest BCUT2D eigenvalue weighted by Gasteiger charge is -2.32. The van der Waals surface area contributed by atoms with Crippen LogP contribution in [0, 0.1) is 29.0 Å². The Bertz CT molecular complexity index is 1760. The fourth-order valence-electron chi connectivity index (χ4n) is 5.08. The Kier molecular flexibility index (Phi) is 7.47. The first-order valence-electron chi connectivity index (χ1n) is 13.9. The minimum atomic E-state index is -1.01. The summed E-state index contributed by atoms with van der Waals surface area (Å²) in [4.78, 5) is 53.9. The van der Waals surface area contributed by atoms with Crippen LogP contribution in [0.3, 0.4) is 0 Å². The summed E-state index contributed by atoms with van der Waals surface area (Å²) < 4.78 is 23.6. The third-order valence-electron chi connectivity index (χ3n) is 7.83. The van der Waals surface area contributed by atoms with Gasteiger partial charge in [0.1, 0.15) is 11.9 Å². The Labute approximate surface area is 244 Å². The number of anilines is 2. The van der Waals surface area contributed by atoms with Crippen LogP contribution >= 0.6 is 11.6 Å². The third kappa shape index (κ3) is 5.75. The molecule has 1 unspecified atom stereocenters. The van der Waals surface area contributed by atoms with Gasteiger partial charge in [0.15, 0.2) is 6.10 Å². The van der Waals surface area contributed by atoms with Gasteiger partial charge in [0, 0.05) is 31.4 Å². The average Bonchev–Trinajstić information content (AvgIpc) is 3.91. The highest BCUT2D eigenvalue weighted by Crippen LogP contribution is 2.32. The maximum atomic E-state index is 15.3. The van der Waals surface area contributed by atoms with Gasteiger partial charge < -0.3 is 20.3 Å². The highest BCUT2D eigenvalue weighted by Gasteiger charge is 2.31. The molecule has 218 valence electrons. The van der Waals surface area contributed by atoms with Crippen molar-refractivity contribution in [1.29, 1.82) is 5.26 Å². The number of nitriles is 1. The Balaban J connectivity index is 1.21. The van der Waals surface area contributed by atoms with Crippen LogP contribution < -0.4 is 21.9 Å². The number of halogens is 2. The highest BCUT2D eigenvalue weighted by atomic mass is 35.5. The monoisotopic (exact) mass is 594 g/mol. The molecule has 2 N–H and O–H groups in total. The molecule has 2 aliphatic carbocycles. The van der Waals surface area contributed by atoms with Crippen LogP contribution in [-0.2, 0) is 22.6 Å². The molecule has 3 aromatic rings. The molecule has 2 aromatic carbocycles. The summed E-state index contributed by atoms with van der Waals surface area (Å²) in [7, 11) is 0. The molecule has 3 amide bonds. The van der Waals surface area contributed by atoms with E-state index in [9.17, 15) is 19.2 Å². The standard InChI is InChI=1S/C29H28ClFN6O5/c30-21-9-19(6-5-18(21)12-32)33-26(38)25-15-35(7-8-42-25)28(40)34-23-10-20-24(11-22(23)31)36(13-16-1-2-16)29(41)37(27(20)39)14-17-3-4-17/h5-6,9-11,16-17,25H,1-4,7-8,13-15H2,(H,33,38)(H,34,40). The molecular formula is C29H28ClFN6O5. The molecule has 1 saturated heterocycles. The number of morpholine rings is 1. The minimum absolute atomic E-state index is 0.0686. The number of nitrogens with zero attached hydrogens (tertiary/aromatic N) is 4. The lowest BCUT2D eigenvalue weighted by molar-refractivity contribution is -0.131. The molecule has 11 nitrogen and oxygen atoms in total. The zero-order valence-electron chi connectivity index (χ0n) is 22.6. The highest BCUT2D eigenvalue weighted by molar-refractivity contribution is 6.32. The van der Waals surface area contributed by atoms with Crippen LogP contribution in [0.5, 0.6) is 0 Å². The van der Waals surface area contributed by atoms with Crippen LogP contribution in [-0.4, -0.2) is 51.8 Å². The zero-order valence-corrected chi connectivity index (χ0v) is 23.3. The number of ether oxygens (including phenoxy) is 1. The molecule has 42 heavy (non-hydrogen) atoms. The quantitative estimate of drug-likeness (QED) is 0.429. The zero-order chi connectivity index (χ0) is 29.5. The van der Waals surface area contributed by atoms with Crippen molar-refractivity contribution in [2.75, 3.05) is 30.3 Å². The number of carbonyl (C=O) groups is 2. The second-order valence-corrected chi connectivity index (χ2v) is 11.5. The summed E-state index contributed by atoms with van der Waals surface area (Å²) >= 11 is 6.04. The van der Waals surface area contributed by atoms with Crippen LogP contribution in [0.1, 0.15) is 31.2 Å². The van der Waals surface area contributed by atoms with Gasteiger partial charge in [-0.05, 0) is 61.8 Å². The molecule has 3 aliphatic rings. The molecule has 6 rings (SSSR count). The molecule has 0 spiro atoms. The number of rotatable bonds is 7. The van der Waals surface area contributed by atoms with Crippen molar-refractivity contribution in [3.63, 3.8) is 0 Å². The van der Waals surface area contributed by atoms with Gasteiger partial charge in [-0.25, -0.2) is 14.0 Å². The predicted molar refractivity (Wildman–Crippen MR) is 153 cm³/mol. The van der Waals surface area contributed by atoms with Crippen molar-refractivity contribution in [2.45, 2.75) is 44.9 Å². The van der Waals surface area contributed by atoms with Crippen molar-refractivity contribution >= 4 is 45.8 Å². The number of fused-ring (bicyclic) bond motifs is 1. The molecular weight excluding hydrogens is 567 g/mol. The molecule has 3 fully saturated rings. The predicted octanol–water partition coefficient (Wildman–Crippen LogP) is 3.52. The van der Waals surface area contributed by atoms with Gasteiger partial charge >= 0.3 is 11.7 Å². The number of aromatic nitrogens is 2. The fourth-order valence-corrected chi connectivity index (χ4v) is 5.30. The van der Waals surface area contributed by atoms with Crippen molar-refractivity contribution < 1.29 is 18.7 Å². The van der Waals surface area contributed by atoms with Crippen LogP contribution in [0.4, 0.5) is 20.6 Å². The first-order valence-corrected chi connectivity index (χ1v) is 14.2. The lowest BCUT2D eigenvalue weighted by atomic mass is 10.2. The van der Waals surface area contributed by atoms with Crippen molar-refractivity contribution in [3.05, 3.63) is 67.6 Å². The Morgan fingerprint density at radius 1 is 1.05 bits per heavy atom. The lowest BCUT2D eigenvalue weighted by Crippen LogP contribution is -2.51. The normalized spacial score (nSPS) is 18.5. The number of benzene rings is 2. The molecule has 2 heterocycles. The maximum Gasteiger partial charge on any atom is 0.331 e. The first kappa shape index (κ1) is 27.9. The van der Waals surface area contributed by atoms with Crippen LogP contribution in [0.2, 0.25) is 5.02 Å². The smallest absolute Gasteiger partial charge is 0.331 e. The SMILES string of the molecule is N#Cc1ccc(NC(=O)C2CN(C(=O)Nc3cc4c(=O)n(CC5CC5)c(=O)n(CC5CC5)c4cc3F)CCO2)cc1Cl. The van der Waals surface area contributed by atoms with E-state index in [0.717, 1.165) is 31.7 Å². The number of carbonyl (C=O) groups excluding carboxylic acids is 2. The number of hydrogen-bond donors (Lipinski definition) is 2. The third-order valence-corrected chi connectivity index (χ3v) is 8.15.